The van der Waals surface area contributed by atoms with Crippen molar-refractivity contribution in [3.63, 3.8) is 0 Å². The van der Waals surface area contributed by atoms with Crippen molar-refractivity contribution in [2.75, 3.05) is 6.54 Å². The van der Waals surface area contributed by atoms with Gasteiger partial charge in [-0.2, -0.15) is 13.2 Å². The lowest BCUT2D eigenvalue weighted by Gasteiger charge is -2.29. The molecule has 28 heavy (non-hydrogen) atoms. The first-order valence-electron chi connectivity index (χ1n) is 8.66. The van der Waals surface area contributed by atoms with Crippen LogP contribution in [0.4, 0.5) is 13.2 Å². The van der Waals surface area contributed by atoms with Gasteiger partial charge in [0.15, 0.2) is 5.82 Å². The molecule has 0 saturated carbocycles. The number of fused-ring (bicyclic) bond motifs is 1. The number of hydrogen-bond donors (Lipinski definition) is 2. The van der Waals surface area contributed by atoms with Crippen LogP contribution >= 0.6 is 0 Å². The molecule has 0 aliphatic rings. The van der Waals surface area contributed by atoms with E-state index in [9.17, 15) is 23.1 Å². The van der Waals surface area contributed by atoms with Crippen molar-refractivity contribution in [3.05, 3.63) is 48.8 Å². The number of hydrogen-bond acceptors (Lipinski definition) is 4. The average molecular weight is 395 g/mol. The number of amides is 1. The molecular weight excluding hydrogens is 375 g/mol. The van der Waals surface area contributed by atoms with E-state index in [0.29, 0.717) is 13.0 Å². The molecule has 1 atom stereocenters. The molecule has 7 nitrogen and oxygen atoms in total. The second kappa shape index (κ2) is 7.63. The topological polar surface area (TPSA) is 85.0 Å². The van der Waals surface area contributed by atoms with E-state index in [1.54, 1.807) is 6.33 Å². The van der Waals surface area contributed by atoms with Crippen molar-refractivity contribution in [1.29, 1.82) is 0 Å². The number of aliphatic hydroxyl groups is 1. The number of nitrogens with one attached hydrogen (secondary N) is 1. The van der Waals surface area contributed by atoms with E-state index in [1.807, 2.05) is 28.8 Å². The highest BCUT2D eigenvalue weighted by Gasteiger charge is 2.58. The summed E-state index contributed by atoms with van der Waals surface area (Å²) in [5.74, 6) is -1.53. The normalized spacial score (nSPS) is 14.2. The van der Waals surface area contributed by atoms with Crippen LogP contribution in [0.3, 0.4) is 0 Å². The fourth-order valence-electron chi connectivity index (χ4n) is 3.03. The maximum absolute atomic E-state index is 13.4. The van der Waals surface area contributed by atoms with Gasteiger partial charge in [-0.25, -0.2) is 9.97 Å². The minimum atomic E-state index is -5.04. The molecular formula is C18H20F3N5O2. The summed E-state index contributed by atoms with van der Waals surface area (Å²) in [6.45, 7) is 0.712. The second-order valence-electron chi connectivity index (χ2n) is 6.53. The summed E-state index contributed by atoms with van der Waals surface area (Å²) in [5.41, 5.74) is -1.57. The number of imidazole rings is 2. The number of carbonyl (C=O) groups is 1. The first kappa shape index (κ1) is 19.9. The lowest BCUT2D eigenvalue weighted by molar-refractivity contribution is -0.271. The number of rotatable bonds is 7. The molecule has 150 valence electrons. The number of benzene rings is 1. The van der Waals surface area contributed by atoms with Gasteiger partial charge in [0.25, 0.3) is 0 Å². The summed E-state index contributed by atoms with van der Waals surface area (Å²) in [7, 11) is 1.33. The Morgan fingerprint density at radius 1 is 1.25 bits per heavy atom. The van der Waals surface area contributed by atoms with E-state index in [-0.39, 0.29) is 6.54 Å². The van der Waals surface area contributed by atoms with Gasteiger partial charge in [-0.1, -0.05) is 12.1 Å². The van der Waals surface area contributed by atoms with Crippen molar-refractivity contribution in [1.82, 2.24) is 24.4 Å². The zero-order valence-electron chi connectivity index (χ0n) is 15.1. The number of para-hydroxylation sites is 2. The van der Waals surface area contributed by atoms with Crippen molar-refractivity contribution in [2.24, 2.45) is 7.05 Å². The van der Waals surface area contributed by atoms with Crippen LogP contribution in [0.25, 0.3) is 11.0 Å². The van der Waals surface area contributed by atoms with Gasteiger partial charge in [-0.15, -0.1) is 0 Å². The maximum Gasteiger partial charge on any atom is 0.425 e. The predicted molar refractivity (Wildman–Crippen MR) is 95.1 cm³/mol. The average Bonchev–Trinajstić information content (AvgIpc) is 3.24. The molecule has 10 heteroatoms. The number of halogens is 3. The zero-order chi connectivity index (χ0) is 20.4. The van der Waals surface area contributed by atoms with Crippen LogP contribution in [0.5, 0.6) is 0 Å². The van der Waals surface area contributed by atoms with Gasteiger partial charge in [-0.3, -0.25) is 4.79 Å². The minimum Gasteiger partial charge on any atom is -0.374 e. The molecule has 1 aromatic carbocycles. The van der Waals surface area contributed by atoms with Gasteiger partial charge in [0, 0.05) is 32.5 Å². The Bertz CT molecular complexity index is 965. The van der Waals surface area contributed by atoms with Gasteiger partial charge >= 0.3 is 6.18 Å². The van der Waals surface area contributed by atoms with E-state index in [4.69, 9.17) is 0 Å². The van der Waals surface area contributed by atoms with Crippen LogP contribution in [0.2, 0.25) is 0 Å². The number of aromatic nitrogens is 4. The van der Waals surface area contributed by atoms with Crippen LogP contribution < -0.4 is 5.32 Å². The van der Waals surface area contributed by atoms with E-state index >= 15 is 0 Å². The molecule has 0 saturated heterocycles. The smallest absolute Gasteiger partial charge is 0.374 e. The van der Waals surface area contributed by atoms with Crippen LogP contribution in [-0.2, 0) is 24.0 Å². The summed E-state index contributed by atoms with van der Waals surface area (Å²) in [5, 5.41) is 12.6. The molecule has 0 spiro atoms. The predicted octanol–water partition coefficient (Wildman–Crippen LogP) is 2.12. The third-order valence-corrected chi connectivity index (χ3v) is 4.50. The van der Waals surface area contributed by atoms with Crippen molar-refractivity contribution >= 4 is 16.9 Å². The lowest BCUT2D eigenvalue weighted by Crippen LogP contribution is -2.48. The highest BCUT2D eigenvalue weighted by atomic mass is 19.4. The van der Waals surface area contributed by atoms with Crippen LogP contribution in [0.15, 0.2) is 43.0 Å². The van der Waals surface area contributed by atoms with Crippen LogP contribution in [0, 0.1) is 0 Å². The fraction of sp³-hybridized carbons (Fsp3) is 0.389. The Balaban J connectivity index is 1.57. The first-order chi connectivity index (χ1) is 13.2. The van der Waals surface area contributed by atoms with Gasteiger partial charge in [-0.05, 0) is 18.6 Å². The quantitative estimate of drug-likeness (QED) is 0.600. The highest BCUT2D eigenvalue weighted by molar-refractivity contribution is 5.77. The molecule has 0 aliphatic carbocycles. The second-order valence-corrected chi connectivity index (χ2v) is 6.53. The largest absolute Gasteiger partial charge is 0.425 e. The summed E-state index contributed by atoms with van der Waals surface area (Å²) >= 11 is 0. The van der Waals surface area contributed by atoms with Crippen LogP contribution in [0.1, 0.15) is 18.7 Å². The van der Waals surface area contributed by atoms with Crippen molar-refractivity contribution in [3.8, 4) is 0 Å². The summed E-state index contributed by atoms with van der Waals surface area (Å²) < 4.78 is 43.3. The molecule has 0 fully saturated rings. The van der Waals surface area contributed by atoms with Crippen molar-refractivity contribution in [2.45, 2.75) is 31.2 Å². The zero-order valence-corrected chi connectivity index (χ0v) is 15.1. The van der Waals surface area contributed by atoms with Gasteiger partial charge < -0.3 is 19.6 Å². The summed E-state index contributed by atoms with van der Waals surface area (Å²) in [4.78, 5) is 19.9. The van der Waals surface area contributed by atoms with E-state index in [1.165, 1.54) is 13.2 Å². The molecule has 0 bridgehead atoms. The Kier molecular flexibility index (Phi) is 5.41. The monoisotopic (exact) mass is 395 g/mol. The number of aryl methyl sites for hydroxylation is 2. The van der Waals surface area contributed by atoms with E-state index in [2.05, 4.69) is 15.3 Å². The van der Waals surface area contributed by atoms with Gasteiger partial charge in [0.1, 0.15) is 0 Å². The minimum absolute atomic E-state index is 0.167. The molecule has 0 unspecified atom stereocenters. The molecule has 0 aliphatic heterocycles. The molecule has 2 N–H and O–H groups in total. The first-order valence-corrected chi connectivity index (χ1v) is 8.66. The maximum atomic E-state index is 13.4. The third kappa shape index (κ3) is 3.86. The molecule has 0 radical (unpaired) electrons. The number of alkyl halides is 3. The molecule has 2 heterocycles. The van der Waals surface area contributed by atoms with Crippen molar-refractivity contribution < 1.29 is 23.1 Å². The fourth-order valence-corrected chi connectivity index (χ4v) is 3.03. The van der Waals surface area contributed by atoms with Gasteiger partial charge in [0.05, 0.1) is 23.8 Å². The Hall–Kier alpha value is -2.88. The third-order valence-electron chi connectivity index (χ3n) is 4.50. The van der Waals surface area contributed by atoms with Gasteiger partial charge in [0.2, 0.25) is 11.5 Å². The van der Waals surface area contributed by atoms with E-state index < -0.39 is 29.9 Å². The number of carbonyl (C=O) groups excluding carboxylic acids is 1. The Morgan fingerprint density at radius 2 is 2.00 bits per heavy atom. The van der Waals surface area contributed by atoms with E-state index in [0.717, 1.165) is 21.8 Å². The summed E-state index contributed by atoms with van der Waals surface area (Å²) in [6, 6.07) is 7.56. The summed E-state index contributed by atoms with van der Waals surface area (Å²) in [6.07, 6.45) is -1.61. The Morgan fingerprint density at radius 3 is 2.68 bits per heavy atom. The molecule has 3 aromatic rings. The lowest BCUT2D eigenvalue weighted by atomic mass is 9.97. The standard InChI is InChI=1S/C18H20F3N5O2/c1-25-10-8-23-16(25)17(28,18(19,20)21)11-15(27)22-7-4-9-26-12-24-13-5-2-3-6-14(13)26/h2-3,5-6,8,10,12,28H,4,7,9,11H2,1H3,(H,22,27)/t17-/m0/s1. The Labute approximate surface area is 158 Å². The molecule has 1 amide bonds. The molecule has 3 rings (SSSR count). The SMILES string of the molecule is Cn1ccnc1[C@@](O)(CC(=O)NCCCn1cnc2ccccc21)C(F)(F)F. The van der Waals surface area contributed by atoms with Crippen LogP contribution in [-0.4, -0.2) is 42.8 Å². The highest BCUT2D eigenvalue weighted by Crippen LogP contribution is 2.40. The molecule has 2 aromatic heterocycles. The number of nitrogens with zero attached hydrogens (tertiary/aromatic N) is 4.